The summed E-state index contributed by atoms with van der Waals surface area (Å²) in [6.45, 7) is 0.727. The van der Waals surface area contributed by atoms with Crippen molar-refractivity contribution in [2.75, 3.05) is 6.54 Å². The average molecular weight is 399 g/mol. The van der Waals surface area contributed by atoms with Crippen molar-refractivity contribution in [3.63, 3.8) is 0 Å². The van der Waals surface area contributed by atoms with Crippen LogP contribution in [0.15, 0.2) is 60.7 Å². The first kappa shape index (κ1) is 18.3. The van der Waals surface area contributed by atoms with Crippen LogP contribution in [0, 0.1) is 17.4 Å². The van der Waals surface area contributed by atoms with E-state index in [4.69, 9.17) is 4.74 Å². The smallest absolute Gasteiger partial charge is 0.269 e. The largest absolute Gasteiger partial charge is 0.457 e. The highest BCUT2D eigenvalue weighted by molar-refractivity contribution is 5.94. The Balaban J connectivity index is 1.34. The molecule has 2 aliphatic rings. The van der Waals surface area contributed by atoms with Gasteiger partial charge in [-0.25, -0.2) is 0 Å². The van der Waals surface area contributed by atoms with Gasteiger partial charge in [-0.15, -0.1) is 0 Å². The number of piperidine rings is 1. The number of carbonyl (C=O) groups excluding carboxylic acids is 1. The second-order valence-electron chi connectivity index (χ2n) is 7.73. The number of hydrogen-bond acceptors (Lipinski definition) is 5. The van der Waals surface area contributed by atoms with Gasteiger partial charge in [0.2, 0.25) is 0 Å². The van der Waals surface area contributed by atoms with Gasteiger partial charge >= 0.3 is 0 Å². The van der Waals surface area contributed by atoms with Crippen LogP contribution in [-0.4, -0.2) is 39.6 Å². The maximum Gasteiger partial charge on any atom is 0.269 e. The number of hydrogen-bond donors (Lipinski definition) is 2. The number of nitrogens with zero attached hydrogens (tertiary/aromatic N) is 3. The lowest BCUT2D eigenvalue weighted by molar-refractivity contribution is 0.0924. The fourth-order valence-corrected chi connectivity index (χ4v) is 4.52. The molecular formula is C23H21N5O2. The normalized spacial score (nSPS) is 22.0. The van der Waals surface area contributed by atoms with E-state index in [0.717, 1.165) is 30.7 Å². The van der Waals surface area contributed by atoms with Crippen molar-refractivity contribution in [3.05, 3.63) is 66.4 Å². The van der Waals surface area contributed by atoms with Crippen LogP contribution >= 0.6 is 0 Å². The summed E-state index contributed by atoms with van der Waals surface area (Å²) in [6.07, 6.45) is 4.23. The van der Waals surface area contributed by atoms with E-state index in [1.807, 2.05) is 54.6 Å². The lowest BCUT2D eigenvalue weighted by Crippen LogP contribution is -2.42. The first-order valence-corrected chi connectivity index (χ1v) is 10.1. The molecule has 5 rings (SSSR count). The standard InChI is InChI=1S/C23H21N5O2/c24-14-28-13-15-10-11-20(28)22(15)25-23(29)19-12-18(26-27-19)17-8-4-5-9-21(17)30-16-6-2-1-3-7-16/h1-9,12,15,20,22H,10-11,13H2,(H,25,29)(H,26,27)/t15?,20?,22-/m0/s1. The van der Waals surface area contributed by atoms with Gasteiger partial charge in [-0.3, -0.25) is 9.89 Å². The molecule has 0 spiro atoms. The molecule has 1 aliphatic carbocycles. The van der Waals surface area contributed by atoms with Crippen LogP contribution in [0.1, 0.15) is 23.3 Å². The van der Waals surface area contributed by atoms with Crippen LogP contribution in [-0.2, 0) is 0 Å². The summed E-state index contributed by atoms with van der Waals surface area (Å²) in [6, 6.07) is 19.0. The number of para-hydroxylation sites is 2. The Morgan fingerprint density at radius 3 is 2.77 bits per heavy atom. The highest BCUT2D eigenvalue weighted by Gasteiger charge is 2.47. The van der Waals surface area contributed by atoms with Gasteiger partial charge in [0.1, 0.15) is 17.2 Å². The fourth-order valence-electron chi connectivity index (χ4n) is 4.52. The van der Waals surface area contributed by atoms with Crippen LogP contribution in [0.2, 0.25) is 0 Å². The van der Waals surface area contributed by atoms with E-state index in [0.29, 0.717) is 23.1 Å². The zero-order chi connectivity index (χ0) is 20.5. The zero-order valence-corrected chi connectivity index (χ0v) is 16.3. The molecule has 3 atom stereocenters. The van der Waals surface area contributed by atoms with E-state index < -0.39 is 0 Å². The second kappa shape index (κ2) is 7.56. The third-order valence-electron chi connectivity index (χ3n) is 5.97. The van der Waals surface area contributed by atoms with Crippen molar-refractivity contribution in [1.82, 2.24) is 20.4 Å². The first-order chi connectivity index (χ1) is 14.7. The topological polar surface area (TPSA) is 94.0 Å². The molecule has 1 saturated carbocycles. The van der Waals surface area contributed by atoms with Crippen molar-refractivity contribution in [1.29, 1.82) is 5.26 Å². The highest BCUT2D eigenvalue weighted by atomic mass is 16.5. The number of aromatic nitrogens is 2. The van der Waals surface area contributed by atoms with Crippen molar-refractivity contribution < 1.29 is 9.53 Å². The number of amides is 1. The molecule has 2 unspecified atom stereocenters. The zero-order valence-electron chi connectivity index (χ0n) is 16.3. The van der Waals surface area contributed by atoms with Gasteiger partial charge in [-0.2, -0.15) is 10.4 Å². The number of ether oxygens (including phenoxy) is 1. The predicted molar refractivity (Wildman–Crippen MR) is 111 cm³/mol. The molecule has 2 bridgehead atoms. The molecule has 7 heteroatoms. The number of nitriles is 1. The molecule has 2 fully saturated rings. The minimum Gasteiger partial charge on any atom is -0.457 e. The van der Waals surface area contributed by atoms with Gasteiger partial charge in [0.15, 0.2) is 6.19 Å². The molecule has 2 N–H and O–H groups in total. The molecule has 150 valence electrons. The molecule has 30 heavy (non-hydrogen) atoms. The van der Waals surface area contributed by atoms with Crippen LogP contribution in [0.5, 0.6) is 11.5 Å². The SMILES string of the molecule is N#CN1CC2CCC1[C@H]2NC(=O)c1cc(-c2ccccc2Oc2ccccc2)n[nH]1. The van der Waals surface area contributed by atoms with Crippen molar-refractivity contribution in [2.45, 2.75) is 24.9 Å². The van der Waals surface area contributed by atoms with Gasteiger partial charge in [0.05, 0.1) is 17.8 Å². The van der Waals surface area contributed by atoms with Gasteiger partial charge < -0.3 is 15.0 Å². The molecule has 1 saturated heterocycles. The number of aromatic amines is 1. The summed E-state index contributed by atoms with van der Waals surface area (Å²) in [5.74, 6) is 1.54. The highest BCUT2D eigenvalue weighted by Crippen LogP contribution is 2.37. The lowest BCUT2D eigenvalue weighted by Gasteiger charge is -2.21. The number of benzene rings is 2. The quantitative estimate of drug-likeness (QED) is 0.640. The minimum atomic E-state index is -0.197. The Kier molecular flexibility index (Phi) is 4.60. The first-order valence-electron chi connectivity index (χ1n) is 10.1. The Morgan fingerprint density at radius 2 is 1.97 bits per heavy atom. The Labute approximate surface area is 174 Å². The number of nitrogens with one attached hydrogen (secondary N) is 2. The van der Waals surface area contributed by atoms with E-state index in [1.54, 1.807) is 11.0 Å². The summed E-state index contributed by atoms with van der Waals surface area (Å²) in [7, 11) is 0. The maximum atomic E-state index is 12.8. The number of H-pyrrole nitrogens is 1. The Morgan fingerprint density at radius 1 is 1.17 bits per heavy atom. The average Bonchev–Trinajstić information content (AvgIpc) is 3.50. The summed E-state index contributed by atoms with van der Waals surface area (Å²) in [5, 5.41) is 19.5. The molecule has 1 aromatic heterocycles. The van der Waals surface area contributed by atoms with Crippen LogP contribution < -0.4 is 10.1 Å². The number of likely N-dealkylation sites (tertiary alicyclic amines) is 1. The van der Waals surface area contributed by atoms with Crippen LogP contribution in [0.3, 0.4) is 0 Å². The van der Waals surface area contributed by atoms with E-state index in [9.17, 15) is 10.1 Å². The molecule has 2 heterocycles. The van der Waals surface area contributed by atoms with Gasteiger partial charge in [-0.1, -0.05) is 30.3 Å². The molecule has 7 nitrogen and oxygen atoms in total. The van der Waals surface area contributed by atoms with Crippen LogP contribution in [0.4, 0.5) is 0 Å². The van der Waals surface area contributed by atoms with Crippen molar-refractivity contribution >= 4 is 5.91 Å². The fraction of sp³-hybridized carbons (Fsp3) is 0.261. The molecule has 2 aromatic carbocycles. The number of fused-ring (bicyclic) bond motifs is 2. The van der Waals surface area contributed by atoms with Gasteiger partial charge in [0, 0.05) is 12.1 Å². The molecule has 3 aromatic rings. The van der Waals surface area contributed by atoms with E-state index in [1.165, 1.54) is 0 Å². The number of carbonyl (C=O) groups is 1. The summed E-state index contributed by atoms with van der Waals surface area (Å²) < 4.78 is 6.01. The second-order valence-corrected chi connectivity index (χ2v) is 7.73. The summed E-state index contributed by atoms with van der Waals surface area (Å²) in [5.41, 5.74) is 1.84. The number of rotatable bonds is 5. The van der Waals surface area contributed by atoms with Crippen LogP contribution in [0.25, 0.3) is 11.3 Å². The molecule has 1 aliphatic heterocycles. The Bertz CT molecular complexity index is 1100. The third-order valence-corrected chi connectivity index (χ3v) is 5.97. The monoisotopic (exact) mass is 399 g/mol. The van der Waals surface area contributed by atoms with E-state index >= 15 is 0 Å². The maximum absolute atomic E-state index is 12.8. The third kappa shape index (κ3) is 3.26. The predicted octanol–water partition coefficient (Wildman–Crippen LogP) is 3.54. The molecule has 1 amide bonds. The molecular weight excluding hydrogens is 378 g/mol. The summed E-state index contributed by atoms with van der Waals surface area (Å²) in [4.78, 5) is 14.6. The van der Waals surface area contributed by atoms with Crippen molar-refractivity contribution in [2.24, 2.45) is 5.92 Å². The van der Waals surface area contributed by atoms with Gasteiger partial charge in [-0.05, 0) is 49.1 Å². The Hall–Kier alpha value is -3.79. The van der Waals surface area contributed by atoms with E-state index in [-0.39, 0.29) is 18.0 Å². The van der Waals surface area contributed by atoms with E-state index in [2.05, 4.69) is 21.7 Å². The minimum absolute atomic E-state index is 0.0117. The van der Waals surface area contributed by atoms with Crippen molar-refractivity contribution in [3.8, 4) is 28.9 Å². The van der Waals surface area contributed by atoms with Gasteiger partial charge in [0.25, 0.3) is 5.91 Å². The molecule has 0 radical (unpaired) electrons. The summed E-state index contributed by atoms with van der Waals surface area (Å²) >= 11 is 0. The lowest BCUT2D eigenvalue weighted by atomic mass is 10.1.